The molecule has 114 valence electrons. The zero-order chi connectivity index (χ0) is 15.7. The van der Waals surface area contributed by atoms with Gasteiger partial charge in [-0.05, 0) is 31.5 Å². The van der Waals surface area contributed by atoms with Crippen LogP contribution in [0.4, 0.5) is 5.69 Å². The van der Waals surface area contributed by atoms with Crippen molar-refractivity contribution in [2.45, 2.75) is 19.3 Å². The molecule has 0 saturated carbocycles. The van der Waals surface area contributed by atoms with Crippen molar-refractivity contribution in [3.05, 3.63) is 45.9 Å². The van der Waals surface area contributed by atoms with E-state index in [1.807, 2.05) is 13.0 Å². The van der Waals surface area contributed by atoms with E-state index in [2.05, 4.69) is 4.98 Å². The van der Waals surface area contributed by atoms with Crippen molar-refractivity contribution >= 4 is 28.9 Å². The Hall–Kier alpha value is -2.21. The average molecular weight is 316 g/mol. The number of rotatable bonds is 3. The van der Waals surface area contributed by atoms with Crippen molar-refractivity contribution in [3.63, 3.8) is 0 Å². The second kappa shape index (κ2) is 5.88. The van der Waals surface area contributed by atoms with Crippen LogP contribution in [0.2, 0.25) is 0 Å². The normalized spacial score (nSPS) is 17.8. The Morgan fingerprint density at radius 1 is 1.45 bits per heavy atom. The van der Waals surface area contributed by atoms with E-state index in [9.17, 15) is 9.59 Å². The van der Waals surface area contributed by atoms with Crippen molar-refractivity contribution < 1.29 is 14.3 Å². The maximum absolute atomic E-state index is 12.6. The SMILES string of the molecule is COC(=O)c1cccc(N2CCC(c3ncc(C)s3)C2=O)c1. The lowest BCUT2D eigenvalue weighted by molar-refractivity contribution is -0.118. The summed E-state index contributed by atoms with van der Waals surface area (Å²) in [5.41, 5.74) is 1.17. The van der Waals surface area contributed by atoms with E-state index in [0.717, 1.165) is 22.0 Å². The Morgan fingerprint density at radius 2 is 2.27 bits per heavy atom. The summed E-state index contributed by atoms with van der Waals surface area (Å²) in [6.07, 6.45) is 2.54. The molecule has 1 aliphatic rings. The van der Waals surface area contributed by atoms with Gasteiger partial charge in [-0.2, -0.15) is 0 Å². The predicted molar refractivity (Wildman–Crippen MR) is 84.3 cm³/mol. The standard InChI is InChI=1S/C16H16N2O3S/c1-10-9-17-14(22-10)13-6-7-18(15(13)19)12-5-3-4-11(8-12)16(20)21-2/h3-5,8-9,13H,6-7H2,1-2H3. The minimum absolute atomic E-state index is 0.0383. The lowest BCUT2D eigenvalue weighted by atomic mass is 10.1. The Balaban J connectivity index is 1.85. The van der Waals surface area contributed by atoms with E-state index in [1.165, 1.54) is 7.11 Å². The topological polar surface area (TPSA) is 59.5 Å². The fourth-order valence-electron chi connectivity index (χ4n) is 2.62. The minimum atomic E-state index is -0.402. The van der Waals surface area contributed by atoms with Gasteiger partial charge >= 0.3 is 5.97 Å². The molecule has 1 aliphatic heterocycles. The first-order valence-corrected chi connectivity index (χ1v) is 7.84. The number of amides is 1. The van der Waals surface area contributed by atoms with Crippen LogP contribution in [0.3, 0.4) is 0 Å². The molecule has 1 atom stereocenters. The van der Waals surface area contributed by atoms with Crippen molar-refractivity contribution in [2.75, 3.05) is 18.6 Å². The van der Waals surface area contributed by atoms with E-state index >= 15 is 0 Å². The van der Waals surface area contributed by atoms with Crippen molar-refractivity contribution in [1.29, 1.82) is 0 Å². The summed E-state index contributed by atoms with van der Waals surface area (Å²) >= 11 is 1.56. The third kappa shape index (κ3) is 2.62. The molecule has 1 fully saturated rings. The van der Waals surface area contributed by atoms with Gasteiger partial charge in [0, 0.05) is 23.3 Å². The zero-order valence-electron chi connectivity index (χ0n) is 12.4. The first-order valence-electron chi connectivity index (χ1n) is 7.02. The van der Waals surface area contributed by atoms with E-state index in [4.69, 9.17) is 4.74 Å². The molecule has 1 amide bonds. The number of ether oxygens (including phenoxy) is 1. The Bertz CT molecular complexity index is 726. The number of esters is 1. The molecule has 2 aromatic rings. The summed E-state index contributed by atoms with van der Waals surface area (Å²) in [6, 6.07) is 6.96. The molecule has 3 rings (SSSR count). The highest BCUT2D eigenvalue weighted by Crippen LogP contribution is 2.34. The van der Waals surface area contributed by atoms with Crippen LogP contribution in [-0.4, -0.2) is 30.5 Å². The Morgan fingerprint density at radius 3 is 2.95 bits per heavy atom. The number of hydrogen-bond acceptors (Lipinski definition) is 5. The van der Waals surface area contributed by atoms with Crippen molar-refractivity contribution in [3.8, 4) is 0 Å². The quantitative estimate of drug-likeness (QED) is 0.817. The Kier molecular flexibility index (Phi) is 3.94. The fraction of sp³-hybridized carbons (Fsp3) is 0.312. The summed E-state index contributed by atoms with van der Waals surface area (Å²) in [5.74, 6) is -0.544. The summed E-state index contributed by atoms with van der Waals surface area (Å²) in [7, 11) is 1.34. The first-order chi connectivity index (χ1) is 10.6. The largest absolute Gasteiger partial charge is 0.465 e. The number of carbonyl (C=O) groups is 2. The molecule has 0 bridgehead atoms. The summed E-state index contributed by atoms with van der Waals surface area (Å²) < 4.78 is 4.72. The molecule has 1 unspecified atom stereocenters. The molecule has 6 heteroatoms. The van der Waals surface area contributed by atoms with Crippen LogP contribution in [-0.2, 0) is 9.53 Å². The van der Waals surface area contributed by atoms with Gasteiger partial charge < -0.3 is 9.64 Å². The number of aryl methyl sites for hydroxylation is 1. The van der Waals surface area contributed by atoms with E-state index in [1.54, 1.807) is 40.6 Å². The van der Waals surface area contributed by atoms with Crippen LogP contribution in [0.1, 0.15) is 32.6 Å². The van der Waals surface area contributed by atoms with Gasteiger partial charge in [-0.3, -0.25) is 4.79 Å². The molecule has 2 heterocycles. The van der Waals surface area contributed by atoms with Crippen LogP contribution in [0.5, 0.6) is 0 Å². The maximum Gasteiger partial charge on any atom is 0.337 e. The second-order valence-corrected chi connectivity index (χ2v) is 6.45. The van der Waals surface area contributed by atoms with Gasteiger partial charge in [0.1, 0.15) is 5.01 Å². The van der Waals surface area contributed by atoms with E-state index in [-0.39, 0.29) is 11.8 Å². The number of methoxy groups -OCH3 is 1. The highest BCUT2D eigenvalue weighted by Gasteiger charge is 2.35. The average Bonchev–Trinajstić information content (AvgIpc) is 3.12. The Labute approximate surface area is 132 Å². The summed E-state index contributed by atoms with van der Waals surface area (Å²) in [6.45, 7) is 2.62. The predicted octanol–water partition coefficient (Wildman–Crippen LogP) is 2.76. The van der Waals surface area contributed by atoms with Crippen LogP contribution < -0.4 is 4.90 Å². The number of benzene rings is 1. The third-order valence-electron chi connectivity index (χ3n) is 3.72. The molecular weight excluding hydrogens is 300 g/mol. The fourth-order valence-corrected chi connectivity index (χ4v) is 3.52. The van der Waals surface area contributed by atoms with Crippen molar-refractivity contribution in [2.24, 2.45) is 0 Å². The minimum Gasteiger partial charge on any atom is -0.465 e. The number of hydrogen-bond donors (Lipinski definition) is 0. The number of nitrogens with zero attached hydrogens (tertiary/aromatic N) is 2. The van der Waals surface area contributed by atoms with Gasteiger partial charge in [0.15, 0.2) is 0 Å². The van der Waals surface area contributed by atoms with Gasteiger partial charge in [0.05, 0.1) is 18.6 Å². The lowest BCUT2D eigenvalue weighted by Crippen LogP contribution is -2.26. The van der Waals surface area contributed by atoms with Crippen LogP contribution in [0.15, 0.2) is 30.5 Å². The molecular formula is C16H16N2O3S. The first kappa shape index (κ1) is 14.7. The molecule has 1 aromatic carbocycles. The molecule has 0 aliphatic carbocycles. The van der Waals surface area contributed by atoms with Gasteiger partial charge in [0.25, 0.3) is 0 Å². The number of aromatic nitrogens is 1. The van der Waals surface area contributed by atoms with E-state index in [0.29, 0.717) is 12.1 Å². The van der Waals surface area contributed by atoms with Gasteiger partial charge in [-0.25, -0.2) is 9.78 Å². The van der Waals surface area contributed by atoms with E-state index < -0.39 is 5.97 Å². The van der Waals surface area contributed by atoms with Gasteiger partial charge in [-0.1, -0.05) is 6.07 Å². The number of carbonyl (C=O) groups excluding carboxylic acids is 2. The van der Waals surface area contributed by atoms with Crippen LogP contribution >= 0.6 is 11.3 Å². The summed E-state index contributed by atoms with van der Waals surface area (Å²) in [4.78, 5) is 31.4. The van der Waals surface area contributed by atoms with Crippen LogP contribution in [0, 0.1) is 6.92 Å². The van der Waals surface area contributed by atoms with Gasteiger partial charge in [0.2, 0.25) is 5.91 Å². The molecule has 0 radical (unpaired) electrons. The molecule has 0 N–H and O–H groups in total. The van der Waals surface area contributed by atoms with Crippen molar-refractivity contribution in [1.82, 2.24) is 4.98 Å². The molecule has 22 heavy (non-hydrogen) atoms. The highest BCUT2D eigenvalue weighted by atomic mass is 32.1. The highest BCUT2D eigenvalue weighted by molar-refractivity contribution is 7.11. The lowest BCUT2D eigenvalue weighted by Gasteiger charge is -2.17. The second-order valence-electron chi connectivity index (χ2n) is 5.18. The third-order valence-corrected chi connectivity index (χ3v) is 4.75. The molecule has 1 saturated heterocycles. The van der Waals surface area contributed by atoms with Gasteiger partial charge in [-0.15, -0.1) is 11.3 Å². The smallest absolute Gasteiger partial charge is 0.337 e. The number of thiazole rings is 1. The number of anilines is 1. The monoisotopic (exact) mass is 316 g/mol. The molecule has 1 aromatic heterocycles. The zero-order valence-corrected chi connectivity index (χ0v) is 13.2. The summed E-state index contributed by atoms with van der Waals surface area (Å²) in [5, 5.41) is 0.870. The maximum atomic E-state index is 12.6. The van der Waals surface area contributed by atoms with Crippen LogP contribution in [0.25, 0.3) is 0 Å². The molecule has 0 spiro atoms. The molecule has 5 nitrogen and oxygen atoms in total.